The Kier molecular flexibility index (Phi) is 4.37. The van der Waals surface area contributed by atoms with E-state index in [-0.39, 0.29) is 28.6 Å². The normalized spacial score (nSPS) is 24.2. The Morgan fingerprint density at radius 2 is 2.22 bits per heavy atom. The van der Waals surface area contributed by atoms with Crippen molar-refractivity contribution >= 4 is 23.2 Å². The molecule has 1 aromatic carbocycles. The van der Waals surface area contributed by atoms with E-state index in [1.165, 1.54) is 24.1 Å². The Labute approximate surface area is 141 Å². The molecule has 0 N–H and O–H groups in total. The first-order chi connectivity index (χ1) is 11.0. The molecule has 0 spiro atoms. The van der Waals surface area contributed by atoms with Crippen LogP contribution in [0, 0.1) is 18.7 Å². The highest BCUT2D eigenvalue weighted by Crippen LogP contribution is 2.44. The summed E-state index contributed by atoms with van der Waals surface area (Å²) in [6.45, 7) is 6.21. The van der Waals surface area contributed by atoms with Crippen LogP contribution >= 0.6 is 11.6 Å². The Morgan fingerprint density at radius 3 is 2.87 bits per heavy atom. The lowest BCUT2D eigenvalue weighted by molar-refractivity contribution is -0.115. The highest BCUT2D eigenvalue weighted by molar-refractivity contribution is 6.32. The van der Waals surface area contributed by atoms with Crippen molar-refractivity contribution in [1.82, 2.24) is 0 Å². The average molecular weight is 337 g/mol. The van der Waals surface area contributed by atoms with Crippen LogP contribution < -0.4 is 9.64 Å². The van der Waals surface area contributed by atoms with Crippen molar-refractivity contribution in [3.8, 4) is 5.75 Å². The van der Waals surface area contributed by atoms with Crippen LogP contribution in [0.4, 0.5) is 10.1 Å². The van der Waals surface area contributed by atoms with Crippen LogP contribution in [0.25, 0.3) is 0 Å². The maximum atomic E-state index is 14.4. The molecule has 1 heterocycles. The second-order valence-corrected chi connectivity index (χ2v) is 6.47. The SMILES string of the molecule is [CH2]C1C2=C(C(=O)N1c1cc(OC)c(Cl)cc1F)C(CC)CCC2. The Balaban J connectivity index is 2.05. The van der Waals surface area contributed by atoms with Gasteiger partial charge in [-0.2, -0.15) is 0 Å². The molecule has 0 fully saturated rings. The van der Waals surface area contributed by atoms with Crippen molar-refractivity contribution in [2.24, 2.45) is 5.92 Å². The van der Waals surface area contributed by atoms with Gasteiger partial charge in [-0.05, 0) is 50.2 Å². The summed E-state index contributed by atoms with van der Waals surface area (Å²) in [5.41, 5.74) is 2.08. The van der Waals surface area contributed by atoms with Gasteiger partial charge in [0.1, 0.15) is 11.6 Å². The molecule has 0 aromatic heterocycles. The van der Waals surface area contributed by atoms with Crippen LogP contribution in [0.15, 0.2) is 23.3 Å². The number of halogens is 2. The Bertz CT molecular complexity index is 686. The standard InChI is InChI=1S/C18H20ClFNO2/c1-4-11-6-5-7-12-10(2)21(18(22)17(11)12)15-9-16(23-3)13(19)8-14(15)20/h8-11H,2,4-7H2,1,3H3. The third kappa shape index (κ3) is 2.53. The van der Waals surface area contributed by atoms with Crippen molar-refractivity contribution in [2.45, 2.75) is 38.6 Å². The third-order valence-electron chi connectivity index (χ3n) is 4.89. The molecule has 1 aromatic rings. The van der Waals surface area contributed by atoms with Crippen LogP contribution in [0.1, 0.15) is 32.6 Å². The minimum absolute atomic E-state index is 0.130. The summed E-state index contributed by atoms with van der Waals surface area (Å²) in [4.78, 5) is 14.4. The topological polar surface area (TPSA) is 29.5 Å². The molecule has 0 saturated carbocycles. The first kappa shape index (κ1) is 16.3. The van der Waals surface area contributed by atoms with Crippen LogP contribution in [0.5, 0.6) is 5.75 Å². The van der Waals surface area contributed by atoms with Crippen LogP contribution in [-0.2, 0) is 4.79 Å². The second kappa shape index (κ2) is 6.16. The number of nitrogens with zero attached hydrogens (tertiary/aromatic N) is 1. The van der Waals surface area contributed by atoms with Gasteiger partial charge >= 0.3 is 0 Å². The summed E-state index contributed by atoms with van der Waals surface area (Å²) < 4.78 is 19.6. The van der Waals surface area contributed by atoms with E-state index < -0.39 is 5.82 Å². The number of carbonyl (C=O) groups excluding carboxylic acids is 1. The number of rotatable bonds is 3. The zero-order valence-corrected chi connectivity index (χ0v) is 14.1. The van der Waals surface area contributed by atoms with E-state index in [1.54, 1.807) is 0 Å². The van der Waals surface area contributed by atoms with Gasteiger partial charge in [-0.3, -0.25) is 9.69 Å². The van der Waals surface area contributed by atoms with Gasteiger partial charge in [0.25, 0.3) is 5.91 Å². The lowest BCUT2D eigenvalue weighted by atomic mass is 9.81. The minimum Gasteiger partial charge on any atom is -0.495 e. The molecule has 0 saturated heterocycles. The van der Waals surface area contributed by atoms with E-state index in [4.69, 9.17) is 16.3 Å². The average Bonchev–Trinajstić information content (AvgIpc) is 2.80. The van der Waals surface area contributed by atoms with Crippen molar-refractivity contribution in [3.63, 3.8) is 0 Å². The fourth-order valence-corrected chi connectivity index (χ4v) is 3.94. The zero-order valence-electron chi connectivity index (χ0n) is 13.4. The first-order valence-corrected chi connectivity index (χ1v) is 8.30. The number of methoxy groups -OCH3 is 1. The highest BCUT2D eigenvalue weighted by Gasteiger charge is 2.42. The number of benzene rings is 1. The molecular formula is C18H20ClFNO2. The first-order valence-electron chi connectivity index (χ1n) is 7.92. The van der Waals surface area contributed by atoms with Gasteiger partial charge in [0, 0.05) is 11.6 Å². The Hall–Kier alpha value is -1.55. The molecule has 3 nitrogen and oxygen atoms in total. The van der Waals surface area contributed by atoms with Gasteiger partial charge in [0.15, 0.2) is 0 Å². The molecular weight excluding hydrogens is 317 g/mol. The minimum atomic E-state index is -0.536. The summed E-state index contributed by atoms with van der Waals surface area (Å²) >= 11 is 5.95. The largest absolute Gasteiger partial charge is 0.495 e. The van der Waals surface area contributed by atoms with Gasteiger partial charge in [-0.15, -0.1) is 0 Å². The monoisotopic (exact) mass is 336 g/mol. The summed E-state index contributed by atoms with van der Waals surface area (Å²) in [6.07, 6.45) is 3.83. The quantitative estimate of drug-likeness (QED) is 0.810. The van der Waals surface area contributed by atoms with Crippen molar-refractivity contribution in [1.29, 1.82) is 0 Å². The number of amides is 1. The molecule has 1 amide bonds. The summed E-state index contributed by atoms with van der Waals surface area (Å²) in [5, 5.41) is 0.185. The van der Waals surface area contributed by atoms with E-state index in [9.17, 15) is 9.18 Å². The number of hydrogen-bond acceptors (Lipinski definition) is 2. The lowest BCUT2D eigenvalue weighted by Gasteiger charge is -2.25. The van der Waals surface area contributed by atoms with Crippen LogP contribution in [0.2, 0.25) is 5.02 Å². The van der Waals surface area contributed by atoms with Crippen LogP contribution in [-0.4, -0.2) is 19.1 Å². The van der Waals surface area contributed by atoms with Crippen LogP contribution in [0.3, 0.4) is 0 Å². The molecule has 2 atom stereocenters. The van der Waals surface area contributed by atoms with Crippen molar-refractivity contribution in [2.75, 3.05) is 12.0 Å². The van der Waals surface area contributed by atoms with E-state index in [0.29, 0.717) is 5.75 Å². The molecule has 2 unspecified atom stereocenters. The maximum absolute atomic E-state index is 14.4. The molecule has 1 radical (unpaired) electrons. The number of anilines is 1. The number of ether oxygens (including phenoxy) is 1. The summed E-state index contributed by atoms with van der Waals surface area (Å²) in [7, 11) is 1.47. The van der Waals surface area contributed by atoms with E-state index in [2.05, 4.69) is 13.8 Å². The number of hydrogen-bond donors (Lipinski definition) is 0. The predicted octanol–water partition coefficient (Wildman–Crippen LogP) is 4.54. The predicted molar refractivity (Wildman–Crippen MR) is 89.3 cm³/mol. The van der Waals surface area contributed by atoms with Gasteiger partial charge in [0.05, 0.1) is 23.9 Å². The van der Waals surface area contributed by atoms with Crippen molar-refractivity contribution in [3.05, 3.63) is 41.0 Å². The fraction of sp³-hybridized carbons (Fsp3) is 0.444. The maximum Gasteiger partial charge on any atom is 0.255 e. The molecule has 3 rings (SSSR count). The van der Waals surface area contributed by atoms with E-state index >= 15 is 0 Å². The molecule has 123 valence electrons. The third-order valence-corrected chi connectivity index (χ3v) is 5.18. The molecule has 1 aliphatic carbocycles. The molecule has 5 heteroatoms. The molecule has 23 heavy (non-hydrogen) atoms. The molecule has 2 aliphatic rings. The fourth-order valence-electron chi connectivity index (χ4n) is 3.71. The van der Waals surface area contributed by atoms with E-state index in [1.807, 2.05) is 0 Å². The van der Waals surface area contributed by atoms with Gasteiger partial charge < -0.3 is 4.74 Å². The lowest BCUT2D eigenvalue weighted by Crippen LogP contribution is -2.35. The molecule has 1 aliphatic heterocycles. The van der Waals surface area contributed by atoms with E-state index in [0.717, 1.165) is 36.8 Å². The van der Waals surface area contributed by atoms with Gasteiger partial charge in [0.2, 0.25) is 0 Å². The van der Waals surface area contributed by atoms with Crippen molar-refractivity contribution < 1.29 is 13.9 Å². The number of carbonyl (C=O) groups is 1. The van der Waals surface area contributed by atoms with Gasteiger partial charge in [-0.25, -0.2) is 4.39 Å². The zero-order chi connectivity index (χ0) is 16.7. The second-order valence-electron chi connectivity index (χ2n) is 6.07. The highest BCUT2D eigenvalue weighted by atomic mass is 35.5. The van der Waals surface area contributed by atoms with Gasteiger partial charge in [-0.1, -0.05) is 18.5 Å². The molecule has 0 bridgehead atoms. The summed E-state index contributed by atoms with van der Waals surface area (Å²) in [6, 6.07) is 2.30. The Morgan fingerprint density at radius 1 is 1.48 bits per heavy atom. The smallest absolute Gasteiger partial charge is 0.255 e. The summed E-state index contributed by atoms with van der Waals surface area (Å²) in [5.74, 6) is -0.0711.